The molecule has 0 rings (SSSR count). The minimum atomic E-state index is -5.08. The molecule has 0 aliphatic rings. The SMILES string of the molecule is OO[Si](O)(O)F. The molecule has 0 atom stereocenters. The Hall–Kier alpha value is -0.0131. The van der Waals surface area contributed by atoms with Crippen LogP contribution in [0.2, 0.25) is 0 Å². The van der Waals surface area contributed by atoms with Gasteiger partial charge in [-0.2, -0.15) is 4.58 Å². The van der Waals surface area contributed by atoms with Crippen LogP contribution in [-0.2, 0) is 4.58 Å². The summed E-state index contributed by atoms with van der Waals surface area (Å²) in [6.45, 7) is 0. The van der Waals surface area contributed by atoms with Crippen molar-refractivity contribution in [1.29, 1.82) is 0 Å². The predicted octanol–water partition coefficient (Wildman–Crippen LogP) is -1.13. The first-order valence-corrected chi connectivity index (χ1v) is 2.70. The third-order valence-corrected chi connectivity index (χ3v) is 0.348. The van der Waals surface area contributed by atoms with Crippen LogP contribution in [0, 0.1) is 0 Å². The molecule has 0 saturated heterocycles. The topological polar surface area (TPSA) is 69.9 Å². The van der Waals surface area contributed by atoms with E-state index < -0.39 is 9.14 Å². The van der Waals surface area contributed by atoms with Gasteiger partial charge in [-0.15, -0.1) is 0 Å². The number of halogens is 1. The zero-order valence-electron chi connectivity index (χ0n) is 2.63. The minimum absolute atomic E-state index is 2.52. The van der Waals surface area contributed by atoms with E-state index in [-0.39, 0.29) is 0 Å². The molecule has 0 heterocycles. The first kappa shape index (κ1) is 5.99. The highest BCUT2D eigenvalue weighted by Crippen LogP contribution is 1.89. The molecule has 0 bridgehead atoms. The number of hydrogen-bond acceptors (Lipinski definition) is 4. The molecule has 38 valence electrons. The molecule has 0 radical (unpaired) electrons. The molecule has 3 N–H and O–H groups in total. The van der Waals surface area contributed by atoms with E-state index >= 15 is 0 Å². The van der Waals surface area contributed by atoms with Crippen LogP contribution in [0.3, 0.4) is 0 Å². The summed E-state index contributed by atoms with van der Waals surface area (Å²) >= 11 is 0. The Morgan fingerprint density at radius 1 is 1.50 bits per heavy atom. The van der Waals surface area contributed by atoms with Crippen LogP contribution < -0.4 is 0 Å². The molecule has 0 aliphatic carbocycles. The Morgan fingerprint density at radius 2 is 1.67 bits per heavy atom. The third-order valence-electron chi connectivity index (χ3n) is 0.116. The van der Waals surface area contributed by atoms with Gasteiger partial charge < -0.3 is 9.59 Å². The van der Waals surface area contributed by atoms with E-state index in [0.717, 1.165) is 0 Å². The highest BCUT2D eigenvalue weighted by molar-refractivity contribution is 6.49. The zero-order chi connectivity index (χ0) is 5.21. The van der Waals surface area contributed by atoms with Crippen LogP contribution in [0.25, 0.3) is 0 Å². The Bertz CT molecular complexity index is 37.3. The predicted molar refractivity (Wildman–Crippen MR) is 15.0 cm³/mol. The Labute approximate surface area is 33.9 Å². The van der Waals surface area contributed by atoms with E-state index in [4.69, 9.17) is 14.8 Å². The quantitative estimate of drug-likeness (QED) is 0.174. The van der Waals surface area contributed by atoms with Gasteiger partial charge in [-0.05, 0) is 0 Å². The molecule has 0 aliphatic heterocycles. The average molecular weight is 114 g/mol. The molecule has 0 aromatic carbocycles. The van der Waals surface area contributed by atoms with E-state index in [9.17, 15) is 4.11 Å². The lowest BCUT2D eigenvalue weighted by molar-refractivity contribution is -0.200. The highest BCUT2D eigenvalue weighted by atomic mass is 28.4. The van der Waals surface area contributed by atoms with Gasteiger partial charge in [0.2, 0.25) is 0 Å². The van der Waals surface area contributed by atoms with Crippen molar-refractivity contribution in [3.05, 3.63) is 0 Å². The molecular formula is H3FO4Si. The maximum absolute atomic E-state index is 10.9. The van der Waals surface area contributed by atoms with Gasteiger partial charge in [0, 0.05) is 0 Å². The van der Waals surface area contributed by atoms with Crippen molar-refractivity contribution in [2.24, 2.45) is 0 Å². The van der Waals surface area contributed by atoms with Crippen molar-refractivity contribution >= 4 is 9.14 Å². The summed E-state index contributed by atoms with van der Waals surface area (Å²) in [5, 5.41) is 7.09. The summed E-state index contributed by atoms with van der Waals surface area (Å²) in [6.07, 6.45) is 0. The van der Waals surface area contributed by atoms with Crippen LogP contribution in [-0.4, -0.2) is 24.0 Å². The lowest BCUT2D eigenvalue weighted by Gasteiger charge is -1.95. The second-order valence-electron chi connectivity index (χ2n) is 0.620. The minimum Gasteiger partial charge on any atom is -0.363 e. The molecule has 0 fully saturated rings. The molecule has 6 heteroatoms. The maximum atomic E-state index is 10.9. The summed E-state index contributed by atoms with van der Waals surface area (Å²) in [7, 11) is -5.08. The van der Waals surface area contributed by atoms with Gasteiger partial charge in [0.05, 0.1) is 0 Å². The zero-order valence-corrected chi connectivity index (χ0v) is 3.63. The maximum Gasteiger partial charge on any atom is 0.742 e. The molecule has 0 amide bonds. The summed E-state index contributed by atoms with van der Waals surface area (Å²) in [5.74, 6) is 0. The fourth-order valence-electron chi connectivity index (χ4n) is 0. The van der Waals surface area contributed by atoms with Gasteiger partial charge in [0.1, 0.15) is 0 Å². The monoisotopic (exact) mass is 114 g/mol. The standard InChI is InChI=1S/FH3O4Si/c1-6(3,4)5-2/h2-4H. The fraction of sp³-hybridized carbons (Fsp3) is 0. The second-order valence-corrected chi connectivity index (χ2v) is 1.86. The number of rotatable bonds is 1. The molecule has 0 saturated carbocycles. The lowest BCUT2D eigenvalue weighted by atomic mass is 15.0. The third kappa shape index (κ3) is 3.99. The van der Waals surface area contributed by atoms with Gasteiger partial charge in [0.25, 0.3) is 0 Å². The van der Waals surface area contributed by atoms with Crippen molar-refractivity contribution in [2.45, 2.75) is 0 Å². The van der Waals surface area contributed by atoms with E-state index in [0.29, 0.717) is 0 Å². The second kappa shape index (κ2) is 1.62. The first-order valence-electron chi connectivity index (χ1n) is 1.02. The highest BCUT2D eigenvalue weighted by Gasteiger charge is 2.34. The summed E-state index contributed by atoms with van der Waals surface area (Å²) in [5.41, 5.74) is 0. The number of hydrogen-bond donors (Lipinski definition) is 3. The van der Waals surface area contributed by atoms with Crippen molar-refractivity contribution < 1.29 is 23.5 Å². The molecule has 6 heavy (non-hydrogen) atoms. The molecule has 0 aromatic rings. The van der Waals surface area contributed by atoms with E-state index in [2.05, 4.69) is 4.58 Å². The molecule has 0 spiro atoms. The van der Waals surface area contributed by atoms with Gasteiger partial charge in [0.15, 0.2) is 0 Å². The van der Waals surface area contributed by atoms with Gasteiger partial charge in [-0.25, -0.2) is 4.11 Å². The van der Waals surface area contributed by atoms with Gasteiger partial charge in [-0.3, -0.25) is 5.26 Å². The summed E-state index contributed by atoms with van der Waals surface area (Å²) in [6, 6.07) is 0. The molecular weight excluding hydrogens is 111 g/mol. The van der Waals surface area contributed by atoms with Crippen LogP contribution in [0.1, 0.15) is 0 Å². The molecule has 0 unspecified atom stereocenters. The van der Waals surface area contributed by atoms with Crippen molar-refractivity contribution in [2.75, 3.05) is 0 Å². The Morgan fingerprint density at radius 3 is 1.67 bits per heavy atom. The lowest BCUT2D eigenvalue weighted by Crippen LogP contribution is -2.31. The van der Waals surface area contributed by atoms with E-state index in [1.807, 2.05) is 0 Å². The van der Waals surface area contributed by atoms with E-state index in [1.165, 1.54) is 0 Å². The van der Waals surface area contributed by atoms with Crippen molar-refractivity contribution in [3.63, 3.8) is 0 Å². The van der Waals surface area contributed by atoms with Gasteiger partial charge >= 0.3 is 9.14 Å². The van der Waals surface area contributed by atoms with Crippen molar-refractivity contribution in [1.82, 2.24) is 0 Å². The average Bonchev–Trinajstić information content (AvgIpc) is 1.35. The summed E-state index contributed by atoms with van der Waals surface area (Å²) in [4.78, 5) is 14.8. The first-order chi connectivity index (χ1) is 2.56. The Balaban J connectivity index is 3.17. The smallest absolute Gasteiger partial charge is 0.363 e. The molecule has 4 nitrogen and oxygen atoms in total. The Kier molecular flexibility index (Phi) is 1.62. The van der Waals surface area contributed by atoms with Crippen LogP contribution in [0.4, 0.5) is 4.11 Å². The van der Waals surface area contributed by atoms with Crippen LogP contribution >= 0.6 is 0 Å². The van der Waals surface area contributed by atoms with Gasteiger partial charge in [-0.1, -0.05) is 0 Å². The normalized spacial score (nSPS) is 12.0. The van der Waals surface area contributed by atoms with E-state index in [1.54, 1.807) is 0 Å². The fourth-order valence-corrected chi connectivity index (χ4v) is 0. The van der Waals surface area contributed by atoms with Crippen molar-refractivity contribution in [3.8, 4) is 0 Å². The van der Waals surface area contributed by atoms with Crippen LogP contribution in [0.15, 0.2) is 0 Å². The summed E-state index contributed by atoms with van der Waals surface area (Å²) < 4.78 is 13.4. The van der Waals surface area contributed by atoms with Crippen LogP contribution in [0.5, 0.6) is 0 Å². The molecule has 0 aromatic heterocycles. The largest absolute Gasteiger partial charge is 0.742 e.